The first-order valence-electron chi connectivity index (χ1n) is 7.44. The van der Waals surface area contributed by atoms with E-state index in [1.54, 1.807) is 35.6 Å². The van der Waals surface area contributed by atoms with Crippen molar-refractivity contribution in [1.82, 2.24) is 14.9 Å². The summed E-state index contributed by atoms with van der Waals surface area (Å²) in [5.41, 5.74) is 1.42. The number of nitrogens with zero attached hydrogens (tertiary/aromatic N) is 4. The second-order valence-corrected chi connectivity index (χ2v) is 5.40. The standard InChI is InChI=1S/C17H16N4O2/c18-10-13-3-6-20-16(8-13)23-15-4-7-21(12-15)17(22)9-14-2-1-5-19-11-14/h1-3,5-6,8,11,15H,4,7,9,12H2. The highest BCUT2D eigenvalue weighted by Crippen LogP contribution is 2.18. The van der Waals surface area contributed by atoms with E-state index in [0.717, 1.165) is 12.0 Å². The molecular weight excluding hydrogens is 292 g/mol. The molecule has 1 aliphatic rings. The molecule has 2 aromatic heterocycles. The molecule has 116 valence electrons. The molecule has 1 fully saturated rings. The van der Waals surface area contributed by atoms with Crippen LogP contribution in [0, 0.1) is 11.3 Å². The third-order valence-electron chi connectivity index (χ3n) is 3.73. The molecule has 6 nitrogen and oxygen atoms in total. The zero-order chi connectivity index (χ0) is 16.1. The maximum absolute atomic E-state index is 12.3. The van der Waals surface area contributed by atoms with Crippen LogP contribution in [0.3, 0.4) is 0 Å². The Morgan fingerprint density at radius 2 is 2.35 bits per heavy atom. The number of nitriles is 1. The van der Waals surface area contributed by atoms with Crippen molar-refractivity contribution in [3.05, 3.63) is 54.0 Å². The van der Waals surface area contributed by atoms with Gasteiger partial charge in [-0.1, -0.05) is 6.07 Å². The summed E-state index contributed by atoms with van der Waals surface area (Å²) in [5.74, 6) is 0.499. The fourth-order valence-electron chi connectivity index (χ4n) is 2.55. The summed E-state index contributed by atoms with van der Waals surface area (Å²) >= 11 is 0. The first-order chi connectivity index (χ1) is 11.2. The Labute approximate surface area is 134 Å². The zero-order valence-corrected chi connectivity index (χ0v) is 12.6. The van der Waals surface area contributed by atoms with Gasteiger partial charge in [-0.3, -0.25) is 9.78 Å². The van der Waals surface area contributed by atoms with Crippen molar-refractivity contribution in [2.75, 3.05) is 13.1 Å². The highest BCUT2D eigenvalue weighted by molar-refractivity contribution is 5.79. The van der Waals surface area contributed by atoms with Crippen molar-refractivity contribution >= 4 is 5.91 Å². The Balaban J connectivity index is 1.56. The normalized spacial score (nSPS) is 16.8. The summed E-state index contributed by atoms with van der Waals surface area (Å²) in [7, 11) is 0. The van der Waals surface area contributed by atoms with Gasteiger partial charge in [0.15, 0.2) is 0 Å². The van der Waals surface area contributed by atoms with Gasteiger partial charge in [0.25, 0.3) is 0 Å². The lowest BCUT2D eigenvalue weighted by atomic mass is 10.2. The van der Waals surface area contributed by atoms with E-state index >= 15 is 0 Å². The molecule has 1 aliphatic heterocycles. The Bertz CT molecular complexity index is 727. The largest absolute Gasteiger partial charge is 0.472 e. The molecule has 1 atom stereocenters. The number of ether oxygens (including phenoxy) is 1. The molecule has 23 heavy (non-hydrogen) atoms. The SMILES string of the molecule is N#Cc1ccnc(OC2CCN(C(=O)Cc3cccnc3)C2)c1. The molecule has 3 heterocycles. The van der Waals surface area contributed by atoms with Gasteiger partial charge in [-0.15, -0.1) is 0 Å². The molecule has 1 saturated heterocycles. The number of carbonyl (C=O) groups is 1. The van der Waals surface area contributed by atoms with E-state index in [-0.39, 0.29) is 12.0 Å². The molecule has 0 bridgehead atoms. The number of hydrogen-bond donors (Lipinski definition) is 0. The van der Waals surface area contributed by atoms with Crippen LogP contribution in [0.4, 0.5) is 0 Å². The van der Waals surface area contributed by atoms with Crippen LogP contribution in [0.5, 0.6) is 5.88 Å². The molecule has 3 rings (SSSR count). The van der Waals surface area contributed by atoms with E-state index in [1.807, 2.05) is 12.1 Å². The summed E-state index contributed by atoms with van der Waals surface area (Å²) in [6, 6.07) is 9.02. The quantitative estimate of drug-likeness (QED) is 0.856. The van der Waals surface area contributed by atoms with Gasteiger partial charge in [0.05, 0.1) is 24.6 Å². The van der Waals surface area contributed by atoms with Crippen LogP contribution in [0.25, 0.3) is 0 Å². The molecule has 0 spiro atoms. The number of pyridine rings is 2. The van der Waals surface area contributed by atoms with E-state index in [9.17, 15) is 4.79 Å². The van der Waals surface area contributed by atoms with Gasteiger partial charge < -0.3 is 9.64 Å². The van der Waals surface area contributed by atoms with Gasteiger partial charge in [0, 0.05) is 37.6 Å². The van der Waals surface area contributed by atoms with E-state index in [4.69, 9.17) is 10.00 Å². The van der Waals surface area contributed by atoms with E-state index in [0.29, 0.717) is 31.0 Å². The van der Waals surface area contributed by atoms with Crippen molar-refractivity contribution in [1.29, 1.82) is 5.26 Å². The number of hydrogen-bond acceptors (Lipinski definition) is 5. The summed E-state index contributed by atoms with van der Waals surface area (Å²) in [5, 5.41) is 8.89. The fraction of sp³-hybridized carbons (Fsp3) is 0.294. The number of amides is 1. The van der Waals surface area contributed by atoms with E-state index in [2.05, 4.69) is 16.0 Å². The van der Waals surface area contributed by atoms with Gasteiger partial charge >= 0.3 is 0 Å². The topological polar surface area (TPSA) is 79.1 Å². The Morgan fingerprint density at radius 1 is 1.43 bits per heavy atom. The van der Waals surface area contributed by atoms with Crippen LogP contribution < -0.4 is 4.74 Å². The van der Waals surface area contributed by atoms with E-state index < -0.39 is 0 Å². The highest BCUT2D eigenvalue weighted by Gasteiger charge is 2.27. The van der Waals surface area contributed by atoms with Gasteiger partial charge in [0.2, 0.25) is 11.8 Å². The summed E-state index contributed by atoms with van der Waals surface area (Å²) < 4.78 is 5.78. The Kier molecular flexibility index (Phi) is 4.48. The minimum Gasteiger partial charge on any atom is -0.472 e. The summed E-state index contributed by atoms with van der Waals surface area (Å²) in [6.07, 6.45) is 5.97. The number of carbonyl (C=O) groups excluding carboxylic acids is 1. The van der Waals surface area contributed by atoms with Crippen molar-refractivity contribution in [2.45, 2.75) is 18.9 Å². The van der Waals surface area contributed by atoms with Crippen LogP contribution >= 0.6 is 0 Å². The summed E-state index contributed by atoms with van der Waals surface area (Å²) in [6.45, 7) is 1.21. The second kappa shape index (κ2) is 6.88. The average Bonchev–Trinajstić information content (AvgIpc) is 3.04. The summed E-state index contributed by atoms with van der Waals surface area (Å²) in [4.78, 5) is 22.2. The maximum Gasteiger partial charge on any atom is 0.227 e. The fourth-order valence-corrected chi connectivity index (χ4v) is 2.55. The molecule has 0 aliphatic carbocycles. The first-order valence-corrected chi connectivity index (χ1v) is 7.44. The van der Waals surface area contributed by atoms with Crippen LogP contribution in [0.15, 0.2) is 42.9 Å². The molecule has 0 N–H and O–H groups in total. The molecule has 0 radical (unpaired) electrons. The van der Waals surface area contributed by atoms with Crippen molar-refractivity contribution < 1.29 is 9.53 Å². The number of likely N-dealkylation sites (tertiary alicyclic amines) is 1. The van der Waals surface area contributed by atoms with Crippen LogP contribution in [0.1, 0.15) is 17.5 Å². The van der Waals surface area contributed by atoms with E-state index in [1.165, 1.54) is 0 Å². The second-order valence-electron chi connectivity index (χ2n) is 5.40. The zero-order valence-electron chi connectivity index (χ0n) is 12.6. The van der Waals surface area contributed by atoms with Crippen molar-refractivity contribution in [3.63, 3.8) is 0 Å². The number of rotatable bonds is 4. The minimum atomic E-state index is -0.0886. The monoisotopic (exact) mass is 308 g/mol. The molecule has 0 aromatic carbocycles. The first kappa shape index (κ1) is 15.0. The smallest absolute Gasteiger partial charge is 0.227 e. The van der Waals surface area contributed by atoms with Crippen molar-refractivity contribution in [2.24, 2.45) is 0 Å². The lowest BCUT2D eigenvalue weighted by Gasteiger charge is -2.17. The Hall–Kier alpha value is -2.94. The van der Waals surface area contributed by atoms with Gasteiger partial charge in [-0.05, 0) is 17.7 Å². The van der Waals surface area contributed by atoms with Gasteiger partial charge in [-0.25, -0.2) is 4.98 Å². The highest BCUT2D eigenvalue weighted by atomic mass is 16.5. The van der Waals surface area contributed by atoms with Crippen LogP contribution in [-0.4, -0.2) is 40.0 Å². The third kappa shape index (κ3) is 3.83. The maximum atomic E-state index is 12.3. The van der Waals surface area contributed by atoms with Gasteiger partial charge in [0.1, 0.15) is 6.10 Å². The molecule has 6 heteroatoms. The lowest BCUT2D eigenvalue weighted by molar-refractivity contribution is -0.129. The predicted molar refractivity (Wildman–Crippen MR) is 82.5 cm³/mol. The van der Waals surface area contributed by atoms with Gasteiger partial charge in [-0.2, -0.15) is 5.26 Å². The molecule has 1 unspecified atom stereocenters. The molecule has 2 aromatic rings. The van der Waals surface area contributed by atoms with Crippen LogP contribution in [-0.2, 0) is 11.2 Å². The molecule has 1 amide bonds. The number of aromatic nitrogens is 2. The van der Waals surface area contributed by atoms with Crippen molar-refractivity contribution in [3.8, 4) is 11.9 Å². The minimum absolute atomic E-state index is 0.0721. The molecular formula is C17H16N4O2. The Morgan fingerprint density at radius 3 is 3.13 bits per heavy atom. The molecule has 0 saturated carbocycles. The average molecular weight is 308 g/mol. The lowest BCUT2D eigenvalue weighted by Crippen LogP contribution is -2.32. The predicted octanol–water partition coefficient (Wildman–Crippen LogP) is 1.57. The van der Waals surface area contributed by atoms with Crippen LogP contribution in [0.2, 0.25) is 0 Å². The third-order valence-corrected chi connectivity index (χ3v) is 3.73.